The summed E-state index contributed by atoms with van der Waals surface area (Å²) in [4.78, 5) is 17.6. The molecule has 1 amide bonds. The second-order valence-electron chi connectivity index (χ2n) is 8.54. The van der Waals surface area contributed by atoms with Crippen molar-refractivity contribution in [2.75, 3.05) is 15.9 Å². The minimum Gasteiger partial charge on any atom is -0.322 e. The lowest BCUT2D eigenvalue weighted by Crippen LogP contribution is -2.24. The Balaban J connectivity index is 1.41. The summed E-state index contributed by atoms with van der Waals surface area (Å²) in [7, 11) is -3.58. The molecule has 0 bridgehead atoms. The number of aromatic nitrogens is 2. The fourth-order valence-electron chi connectivity index (χ4n) is 4.23. The van der Waals surface area contributed by atoms with E-state index in [0.717, 1.165) is 17.5 Å². The number of anilines is 3. The van der Waals surface area contributed by atoms with Crippen LogP contribution < -0.4 is 9.62 Å². The molecule has 1 N–H and O–H groups in total. The first-order valence-corrected chi connectivity index (χ1v) is 13.3. The molecule has 0 aliphatic heterocycles. The lowest BCUT2D eigenvalue weighted by atomic mass is 10.1. The van der Waals surface area contributed by atoms with Crippen LogP contribution in [-0.2, 0) is 10.0 Å². The van der Waals surface area contributed by atoms with Crippen molar-refractivity contribution >= 4 is 44.0 Å². The summed E-state index contributed by atoms with van der Waals surface area (Å²) in [5.74, 6) is 0.0473. The number of para-hydroxylation sites is 1. The Kier molecular flexibility index (Phi) is 6.22. The van der Waals surface area contributed by atoms with Gasteiger partial charge in [0.25, 0.3) is 5.91 Å². The predicted octanol–water partition coefficient (Wildman–Crippen LogP) is 5.82. The Morgan fingerprint density at radius 1 is 0.892 bits per heavy atom. The molecule has 0 radical (unpaired) electrons. The van der Waals surface area contributed by atoms with Crippen LogP contribution in [0.25, 0.3) is 16.7 Å². The monoisotopic (exact) mass is 514 g/mol. The van der Waals surface area contributed by atoms with Gasteiger partial charge in [0.1, 0.15) is 11.6 Å². The number of nitrogens with zero attached hydrogens (tertiary/aromatic N) is 3. The number of rotatable bonds is 6. The smallest absolute Gasteiger partial charge is 0.255 e. The highest BCUT2D eigenvalue weighted by Gasteiger charge is 2.20. The van der Waals surface area contributed by atoms with Crippen molar-refractivity contribution in [3.05, 3.63) is 114 Å². The largest absolute Gasteiger partial charge is 0.322 e. The molecule has 0 unspecified atom stereocenters. The van der Waals surface area contributed by atoms with Crippen molar-refractivity contribution in [3.8, 4) is 5.69 Å². The number of fused-ring (bicyclic) bond motifs is 1. The zero-order valence-electron chi connectivity index (χ0n) is 20.1. The zero-order chi connectivity index (χ0) is 26.2. The zero-order valence-corrected chi connectivity index (χ0v) is 20.9. The Hall–Kier alpha value is -4.50. The third-order valence-electron chi connectivity index (χ3n) is 5.85. The van der Waals surface area contributed by atoms with Gasteiger partial charge in [-0.3, -0.25) is 9.36 Å². The Morgan fingerprint density at radius 2 is 1.54 bits per heavy atom. The molecule has 0 saturated heterocycles. The van der Waals surface area contributed by atoms with Crippen molar-refractivity contribution < 1.29 is 17.6 Å². The first-order chi connectivity index (χ1) is 17.7. The second kappa shape index (κ2) is 9.51. The minimum atomic E-state index is -3.58. The van der Waals surface area contributed by atoms with E-state index in [2.05, 4.69) is 10.3 Å². The topological polar surface area (TPSA) is 84.3 Å². The van der Waals surface area contributed by atoms with E-state index in [1.165, 1.54) is 16.4 Å². The van der Waals surface area contributed by atoms with Crippen LogP contribution in [0.4, 0.5) is 21.5 Å². The minimum absolute atomic E-state index is 0.331. The van der Waals surface area contributed by atoms with Gasteiger partial charge in [0.05, 0.1) is 28.7 Å². The quantitative estimate of drug-likeness (QED) is 0.309. The Labute approximate surface area is 213 Å². The first-order valence-electron chi connectivity index (χ1n) is 11.4. The van der Waals surface area contributed by atoms with Gasteiger partial charge in [0, 0.05) is 16.9 Å². The van der Waals surface area contributed by atoms with E-state index in [4.69, 9.17) is 0 Å². The highest BCUT2D eigenvalue weighted by Crippen LogP contribution is 2.29. The highest BCUT2D eigenvalue weighted by atomic mass is 32.2. The molecule has 0 atom stereocenters. The van der Waals surface area contributed by atoms with Crippen LogP contribution in [0.1, 0.15) is 16.2 Å². The summed E-state index contributed by atoms with van der Waals surface area (Å²) in [6, 6.07) is 26.6. The van der Waals surface area contributed by atoms with Crippen molar-refractivity contribution in [3.63, 3.8) is 0 Å². The SMILES string of the molecule is Cc1nc2ccc(C(=O)Nc3ccc(N(c4ccccc4)S(C)(=O)=O)cc3)cc2n1-c1ccc(F)cc1. The van der Waals surface area contributed by atoms with Crippen LogP contribution in [0.3, 0.4) is 0 Å². The number of imidazole rings is 1. The summed E-state index contributed by atoms with van der Waals surface area (Å²) in [6.45, 7) is 1.85. The van der Waals surface area contributed by atoms with E-state index in [9.17, 15) is 17.6 Å². The second-order valence-corrected chi connectivity index (χ2v) is 10.4. The maximum atomic E-state index is 13.4. The van der Waals surface area contributed by atoms with E-state index >= 15 is 0 Å². The van der Waals surface area contributed by atoms with Gasteiger partial charge in [-0.1, -0.05) is 18.2 Å². The summed E-state index contributed by atoms with van der Waals surface area (Å²) >= 11 is 0. The third-order valence-corrected chi connectivity index (χ3v) is 6.94. The number of carbonyl (C=O) groups excluding carboxylic acids is 1. The maximum absolute atomic E-state index is 13.4. The normalized spacial score (nSPS) is 11.4. The number of carbonyl (C=O) groups is 1. The van der Waals surface area contributed by atoms with Crippen LogP contribution in [-0.4, -0.2) is 30.1 Å². The number of halogens is 1. The number of amides is 1. The summed E-state index contributed by atoms with van der Waals surface area (Å²) in [6.07, 6.45) is 1.14. The van der Waals surface area contributed by atoms with Gasteiger partial charge in [-0.15, -0.1) is 0 Å². The molecule has 0 fully saturated rings. The number of sulfonamides is 1. The highest BCUT2D eigenvalue weighted by molar-refractivity contribution is 7.92. The predicted molar refractivity (Wildman–Crippen MR) is 144 cm³/mol. The third kappa shape index (κ3) is 4.94. The molecule has 37 heavy (non-hydrogen) atoms. The molecule has 5 rings (SSSR count). The lowest BCUT2D eigenvalue weighted by Gasteiger charge is -2.22. The number of aryl methyl sites for hydroxylation is 1. The van der Waals surface area contributed by atoms with E-state index < -0.39 is 10.0 Å². The average molecular weight is 515 g/mol. The molecule has 5 aromatic rings. The van der Waals surface area contributed by atoms with Gasteiger partial charge in [-0.2, -0.15) is 0 Å². The molecule has 0 aliphatic rings. The molecule has 0 saturated carbocycles. The number of hydrogen-bond acceptors (Lipinski definition) is 4. The molecular formula is C28H23FN4O3S. The van der Waals surface area contributed by atoms with Crippen LogP contribution in [0, 0.1) is 12.7 Å². The molecule has 1 heterocycles. The van der Waals surface area contributed by atoms with Crippen LogP contribution >= 0.6 is 0 Å². The van der Waals surface area contributed by atoms with Crippen molar-refractivity contribution in [1.82, 2.24) is 9.55 Å². The molecular weight excluding hydrogens is 491 g/mol. The van der Waals surface area contributed by atoms with Crippen molar-refractivity contribution in [1.29, 1.82) is 0 Å². The van der Waals surface area contributed by atoms with Gasteiger partial charge >= 0.3 is 0 Å². The Bertz CT molecular complexity index is 1700. The molecule has 0 aliphatic carbocycles. The summed E-state index contributed by atoms with van der Waals surface area (Å²) in [5.41, 5.74) is 4.07. The molecule has 7 nitrogen and oxygen atoms in total. The van der Waals surface area contributed by atoms with E-state index in [1.807, 2.05) is 17.6 Å². The van der Waals surface area contributed by atoms with Gasteiger partial charge in [0.15, 0.2) is 0 Å². The van der Waals surface area contributed by atoms with Crippen molar-refractivity contribution in [2.24, 2.45) is 0 Å². The van der Waals surface area contributed by atoms with Crippen LogP contribution in [0.5, 0.6) is 0 Å². The number of benzene rings is 4. The van der Waals surface area contributed by atoms with Crippen molar-refractivity contribution in [2.45, 2.75) is 6.92 Å². The Morgan fingerprint density at radius 3 is 2.19 bits per heavy atom. The average Bonchev–Trinajstić information content (AvgIpc) is 3.20. The van der Waals surface area contributed by atoms with E-state index in [0.29, 0.717) is 34.0 Å². The van der Waals surface area contributed by atoms with E-state index in [1.54, 1.807) is 78.9 Å². The summed E-state index contributed by atoms with van der Waals surface area (Å²) < 4.78 is 41.5. The number of hydrogen-bond donors (Lipinski definition) is 1. The fraction of sp³-hybridized carbons (Fsp3) is 0.0714. The fourth-order valence-corrected chi connectivity index (χ4v) is 5.24. The molecule has 9 heteroatoms. The van der Waals surface area contributed by atoms with Gasteiger partial charge in [-0.05, 0) is 85.8 Å². The van der Waals surface area contributed by atoms with Crippen LogP contribution in [0.2, 0.25) is 0 Å². The molecule has 1 aromatic heterocycles. The first kappa shape index (κ1) is 24.2. The van der Waals surface area contributed by atoms with Gasteiger partial charge < -0.3 is 5.32 Å². The lowest BCUT2D eigenvalue weighted by molar-refractivity contribution is 0.102. The maximum Gasteiger partial charge on any atom is 0.255 e. The standard InChI is InChI=1S/C28H23FN4O3S/c1-19-30-26-17-8-20(18-27(26)32(19)23-13-9-21(29)10-14-23)28(34)31-22-11-15-25(16-12-22)33(37(2,35)36)24-6-4-3-5-7-24/h3-18H,1-2H3,(H,31,34). The summed E-state index contributed by atoms with van der Waals surface area (Å²) in [5, 5.41) is 2.85. The molecule has 0 spiro atoms. The van der Waals surface area contributed by atoms with Gasteiger partial charge in [-0.25, -0.2) is 22.1 Å². The molecule has 186 valence electrons. The van der Waals surface area contributed by atoms with Gasteiger partial charge in [0.2, 0.25) is 10.0 Å². The number of nitrogens with one attached hydrogen (secondary N) is 1. The molecule has 4 aromatic carbocycles. The van der Waals surface area contributed by atoms with Crippen LogP contribution in [0.15, 0.2) is 97.1 Å². The van der Waals surface area contributed by atoms with E-state index in [-0.39, 0.29) is 11.7 Å².